The number of thiophene rings is 1. The summed E-state index contributed by atoms with van der Waals surface area (Å²) in [7, 11) is 0. The number of hydrogen-bond acceptors (Lipinski definition) is 8. The van der Waals surface area contributed by atoms with Crippen molar-refractivity contribution in [3.05, 3.63) is 50.3 Å². The van der Waals surface area contributed by atoms with Gasteiger partial charge < -0.3 is 4.74 Å². The minimum Gasteiger partial charge on any atom is -0.379 e. The Balaban J connectivity index is 1.62. The first-order valence-corrected chi connectivity index (χ1v) is 10.9. The van der Waals surface area contributed by atoms with Crippen molar-refractivity contribution in [3.63, 3.8) is 0 Å². The lowest BCUT2D eigenvalue weighted by Crippen LogP contribution is -2.43. The van der Waals surface area contributed by atoms with Crippen LogP contribution < -0.4 is 4.90 Å². The molecule has 3 heterocycles. The lowest BCUT2D eigenvalue weighted by atomic mass is 10.3. The van der Waals surface area contributed by atoms with E-state index in [2.05, 4.69) is 9.88 Å². The first kappa shape index (κ1) is 20.2. The molecule has 11 heteroatoms. The van der Waals surface area contributed by atoms with Gasteiger partial charge in [-0.3, -0.25) is 24.7 Å². The summed E-state index contributed by atoms with van der Waals surface area (Å²) in [6.07, 6.45) is 0. The molecule has 1 saturated heterocycles. The fourth-order valence-corrected chi connectivity index (χ4v) is 5.06. The molecule has 1 fully saturated rings. The van der Waals surface area contributed by atoms with E-state index in [9.17, 15) is 14.9 Å². The molecule has 0 bridgehead atoms. The van der Waals surface area contributed by atoms with Gasteiger partial charge in [-0.2, -0.15) is 0 Å². The highest BCUT2D eigenvalue weighted by Crippen LogP contribution is 2.33. The van der Waals surface area contributed by atoms with Gasteiger partial charge in [-0.15, -0.1) is 0 Å². The van der Waals surface area contributed by atoms with Gasteiger partial charge in [-0.1, -0.05) is 34.3 Å². The van der Waals surface area contributed by atoms with E-state index >= 15 is 0 Å². The zero-order valence-electron chi connectivity index (χ0n) is 15.2. The van der Waals surface area contributed by atoms with Crippen molar-refractivity contribution >= 4 is 60.5 Å². The van der Waals surface area contributed by atoms with Gasteiger partial charge in [0.1, 0.15) is 0 Å². The molecule has 29 heavy (non-hydrogen) atoms. The van der Waals surface area contributed by atoms with Crippen LogP contribution in [-0.4, -0.2) is 60.1 Å². The van der Waals surface area contributed by atoms with Crippen molar-refractivity contribution in [1.29, 1.82) is 0 Å². The summed E-state index contributed by atoms with van der Waals surface area (Å²) in [5.74, 6) is -0.290. The van der Waals surface area contributed by atoms with Crippen LogP contribution in [0.5, 0.6) is 0 Å². The van der Waals surface area contributed by atoms with E-state index in [1.807, 2.05) is 12.1 Å². The van der Waals surface area contributed by atoms with E-state index in [-0.39, 0.29) is 10.9 Å². The number of nitro groups is 1. The third-order valence-electron chi connectivity index (χ3n) is 4.54. The van der Waals surface area contributed by atoms with Crippen molar-refractivity contribution in [2.45, 2.75) is 0 Å². The third kappa shape index (κ3) is 4.57. The molecule has 4 rings (SSSR count). The fourth-order valence-electron chi connectivity index (χ4n) is 3.03. The van der Waals surface area contributed by atoms with Crippen LogP contribution >= 0.6 is 34.3 Å². The molecule has 1 aliphatic heterocycles. The molecule has 0 N–H and O–H groups in total. The predicted octanol–water partition coefficient (Wildman–Crippen LogP) is 3.90. The number of hydrogen-bond donors (Lipinski definition) is 0. The van der Waals surface area contributed by atoms with Crippen LogP contribution in [-0.2, 0) is 4.74 Å². The Kier molecular flexibility index (Phi) is 6.07. The Morgan fingerprint density at radius 3 is 2.79 bits per heavy atom. The maximum atomic E-state index is 13.2. The van der Waals surface area contributed by atoms with E-state index in [0.29, 0.717) is 41.3 Å². The Hall–Kier alpha value is -2.11. The van der Waals surface area contributed by atoms with Crippen LogP contribution in [0.25, 0.3) is 10.2 Å². The van der Waals surface area contributed by atoms with Crippen LogP contribution in [0.15, 0.2) is 30.3 Å². The second kappa shape index (κ2) is 8.72. The Morgan fingerprint density at radius 1 is 1.28 bits per heavy atom. The molecule has 1 aliphatic rings. The SMILES string of the molecule is O=C(c1ccc([N+](=O)[O-])s1)N(CCN1CCOCC1)c1nc2ccc(Cl)cc2s1. The molecule has 1 amide bonds. The van der Waals surface area contributed by atoms with Gasteiger partial charge >= 0.3 is 5.00 Å². The maximum absolute atomic E-state index is 13.2. The zero-order chi connectivity index (χ0) is 20.4. The van der Waals surface area contributed by atoms with E-state index in [1.54, 1.807) is 11.0 Å². The number of benzene rings is 1. The second-order valence-electron chi connectivity index (χ2n) is 6.41. The Labute approximate surface area is 179 Å². The normalized spacial score (nSPS) is 14.9. The molecule has 152 valence electrons. The summed E-state index contributed by atoms with van der Waals surface area (Å²) in [5, 5.41) is 12.1. The van der Waals surface area contributed by atoms with E-state index in [1.165, 1.54) is 23.5 Å². The number of carbonyl (C=O) groups excluding carboxylic acids is 1. The molecule has 0 aliphatic carbocycles. The number of aromatic nitrogens is 1. The van der Waals surface area contributed by atoms with Crippen LogP contribution in [0, 0.1) is 10.1 Å². The predicted molar refractivity (Wildman–Crippen MR) is 115 cm³/mol. The van der Waals surface area contributed by atoms with Crippen molar-refractivity contribution in [2.24, 2.45) is 0 Å². The maximum Gasteiger partial charge on any atom is 0.324 e. The first-order valence-electron chi connectivity index (χ1n) is 8.93. The molecule has 0 unspecified atom stereocenters. The summed E-state index contributed by atoms with van der Waals surface area (Å²) in [6, 6.07) is 8.25. The molecular formula is C18H17ClN4O4S2. The lowest BCUT2D eigenvalue weighted by molar-refractivity contribution is -0.380. The van der Waals surface area contributed by atoms with Gasteiger partial charge in [0.25, 0.3) is 5.91 Å². The number of anilines is 1. The van der Waals surface area contributed by atoms with Gasteiger partial charge in [0.05, 0.1) is 33.2 Å². The van der Waals surface area contributed by atoms with Gasteiger partial charge in [0, 0.05) is 37.3 Å². The van der Waals surface area contributed by atoms with Crippen LogP contribution in [0.3, 0.4) is 0 Å². The van der Waals surface area contributed by atoms with Gasteiger partial charge in [-0.25, -0.2) is 4.98 Å². The summed E-state index contributed by atoms with van der Waals surface area (Å²) in [5.41, 5.74) is 0.760. The Morgan fingerprint density at radius 2 is 2.07 bits per heavy atom. The van der Waals surface area contributed by atoms with Gasteiger partial charge in [0.15, 0.2) is 5.13 Å². The molecule has 0 saturated carbocycles. The van der Waals surface area contributed by atoms with Gasteiger partial charge in [-0.05, 0) is 24.3 Å². The number of amides is 1. The highest BCUT2D eigenvalue weighted by molar-refractivity contribution is 7.22. The molecule has 0 spiro atoms. The monoisotopic (exact) mass is 452 g/mol. The minimum absolute atomic E-state index is 0.0578. The number of thiazole rings is 1. The smallest absolute Gasteiger partial charge is 0.324 e. The number of halogens is 1. The standard InChI is InChI=1S/C18H17ClN4O4S2/c19-12-1-2-13-15(11-12)29-18(20-13)22(6-5-21-7-9-27-10-8-21)17(24)14-3-4-16(28-14)23(25)26/h1-4,11H,5-10H2. The van der Waals surface area contributed by atoms with E-state index in [0.717, 1.165) is 34.6 Å². The molecule has 3 aromatic rings. The number of rotatable bonds is 6. The number of morpholine rings is 1. The third-order valence-corrected chi connectivity index (χ3v) is 6.84. The topological polar surface area (TPSA) is 88.8 Å². The molecular weight excluding hydrogens is 436 g/mol. The molecule has 2 aromatic heterocycles. The molecule has 0 atom stereocenters. The van der Waals surface area contributed by atoms with Crippen LogP contribution in [0.1, 0.15) is 9.67 Å². The summed E-state index contributed by atoms with van der Waals surface area (Å²) < 4.78 is 6.26. The number of carbonyl (C=O) groups is 1. The quantitative estimate of drug-likeness (QED) is 0.416. The minimum atomic E-state index is -0.487. The fraction of sp³-hybridized carbons (Fsp3) is 0.333. The number of nitrogens with zero attached hydrogens (tertiary/aromatic N) is 4. The lowest BCUT2D eigenvalue weighted by Gasteiger charge is -2.29. The van der Waals surface area contributed by atoms with Crippen molar-refractivity contribution in [1.82, 2.24) is 9.88 Å². The highest BCUT2D eigenvalue weighted by atomic mass is 35.5. The molecule has 8 nitrogen and oxygen atoms in total. The van der Waals surface area contributed by atoms with E-state index in [4.69, 9.17) is 16.3 Å². The Bertz CT molecular complexity index is 1050. The average Bonchev–Trinajstić information content (AvgIpc) is 3.36. The van der Waals surface area contributed by atoms with E-state index < -0.39 is 4.92 Å². The van der Waals surface area contributed by atoms with Crippen molar-refractivity contribution in [2.75, 3.05) is 44.3 Å². The first-order chi connectivity index (χ1) is 14.0. The van der Waals surface area contributed by atoms with Gasteiger partial charge in [0.2, 0.25) is 0 Å². The van der Waals surface area contributed by atoms with Crippen molar-refractivity contribution in [3.8, 4) is 0 Å². The zero-order valence-corrected chi connectivity index (χ0v) is 17.6. The largest absolute Gasteiger partial charge is 0.379 e. The molecule has 1 aromatic carbocycles. The highest BCUT2D eigenvalue weighted by Gasteiger charge is 2.25. The number of fused-ring (bicyclic) bond motifs is 1. The molecule has 0 radical (unpaired) electrons. The second-order valence-corrected chi connectivity index (χ2v) is 8.92. The average molecular weight is 453 g/mol. The van der Waals surface area contributed by atoms with Crippen LogP contribution in [0.2, 0.25) is 5.02 Å². The summed E-state index contributed by atoms with van der Waals surface area (Å²) in [4.78, 5) is 32.5. The van der Waals surface area contributed by atoms with Crippen molar-refractivity contribution < 1.29 is 14.5 Å². The summed E-state index contributed by atoms with van der Waals surface area (Å²) >= 11 is 8.33. The number of ether oxygens (including phenoxy) is 1. The van der Waals surface area contributed by atoms with Crippen LogP contribution in [0.4, 0.5) is 10.1 Å². The summed E-state index contributed by atoms with van der Waals surface area (Å²) in [6.45, 7) is 4.05.